The Labute approximate surface area is 164 Å². The van der Waals surface area contributed by atoms with Crippen molar-refractivity contribution >= 4 is 5.78 Å². The average Bonchev–Trinajstić information content (AvgIpc) is 3.16. The van der Waals surface area contributed by atoms with E-state index in [-0.39, 0.29) is 29.6 Å². The molecule has 1 aromatic carbocycles. The van der Waals surface area contributed by atoms with E-state index in [2.05, 4.69) is 7.05 Å². The van der Waals surface area contributed by atoms with E-state index in [1.807, 2.05) is 6.07 Å². The highest BCUT2D eigenvalue weighted by molar-refractivity contribution is 5.88. The number of aromatic hydroxyl groups is 1. The van der Waals surface area contributed by atoms with Gasteiger partial charge in [-0.1, -0.05) is 6.07 Å². The van der Waals surface area contributed by atoms with E-state index in [0.717, 1.165) is 29.7 Å². The van der Waals surface area contributed by atoms with Crippen molar-refractivity contribution in [1.29, 1.82) is 0 Å². The van der Waals surface area contributed by atoms with E-state index in [1.54, 1.807) is 6.07 Å². The van der Waals surface area contributed by atoms with Gasteiger partial charge in [-0.3, -0.25) is 4.79 Å². The second kappa shape index (κ2) is 4.98. The van der Waals surface area contributed by atoms with E-state index in [9.17, 15) is 25.2 Å². The number of benzene rings is 1. The van der Waals surface area contributed by atoms with Crippen molar-refractivity contribution in [2.45, 2.75) is 61.4 Å². The van der Waals surface area contributed by atoms with Crippen LogP contribution in [0.15, 0.2) is 12.1 Å². The van der Waals surface area contributed by atoms with Crippen LogP contribution in [0.3, 0.4) is 0 Å². The maximum absolute atomic E-state index is 13.0. The number of carbonyl (C=O) groups excluding carboxylic acids is 1. The van der Waals surface area contributed by atoms with Gasteiger partial charge in [0, 0.05) is 24.7 Å². The first-order chi connectivity index (χ1) is 13.2. The first kappa shape index (κ1) is 17.4. The molecule has 5 aliphatic rings. The summed E-state index contributed by atoms with van der Waals surface area (Å²) in [6.45, 7) is 1.20. The van der Waals surface area contributed by atoms with Gasteiger partial charge in [0.05, 0.1) is 25.1 Å². The molecule has 0 aromatic heterocycles. The summed E-state index contributed by atoms with van der Waals surface area (Å²) in [7, 11) is 2.09. The molecule has 0 amide bonds. The molecule has 4 aliphatic carbocycles. The third kappa shape index (κ3) is 1.73. The number of hydrogen-bond donors (Lipinski definition) is 4. The molecule has 8 atom stereocenters. The SMILES string of the molecule is C[N@+]1(CC2CC2O)C[C@@H](O)[C@]23c4c5ccc(O)c4C[C@H]2C(=O)CC[C@@]3(O)[C@H]1C5. The van der Waals surface area contributed by atoms with Crippen molar-refractivity contribution in [3.05, 3.63) is 28.8 Å². The summed E-state index contributed by atoms with van der Waals surface area (Å²) >= 11 is 0. The second-order valence-electron chi connectivity index (χ2n) is 10.3. The smallest absolute Gasteiger partial charge is 0.137 e. The lowest BCUT2D eigenvalue weighted by atomic mass is 9.46. The van der Waals surface area contributed by atoms with Crippen LogP contribution >= 0.6 is 0 Å². The Morgan fingerprint density at radius 1 is 1.25 bits per heavy atom. The van der Waals surface area contributed by atoms with Crippen molar-refractivity contribution < 1.29 is 29.7 Å². The van der Waals surface area contributed by atoms with Crippen LogP contribution in [0.5, 0.6) is 5.75 Å². The first-order valence-corrected chi connectivity index (χ1v) is 10.5. The Balaban J connectivity index is 1.60. The second-order valence-corrected chi connectivity index (χ2v) is 10.3. The van der Waals surface area contributed by atoms with Gasteiger partial charge in [-0.25, -0.2) is 0 Å². The van der Waals surface area contributed by atoms with Crippen LogP contribution in [0.25, 0.3) is 0 Å². The van der Waals surface area contributed by atoms with Crippen molar-refractivity contribution in [2.24, 2.45) is 11.8 Å². The molecular weight excluding hydrogens is 358 g/mol. The van der Waals surface area contributed by atoms with E-state index < -0.39 is 23.0 Å². The van der Waals surface area contributed by atoms with Crippen molar-refractivity contribution in [2.75, 3.05) is 20.1 Å². The Hall–Kier alpha value is -1.47. The van der Waals surface area contributed by atoms with Gasteiger partial charge in [0.15, 0.2) is 0 Å². The molecule has 2 saturated carbocycles. The Kier molecular flexibility index (Phi) is 3.09. The van der Waals surface area contributed by atoms with Crippen LogP contribution in [0, 0.1) is 11.8 Å². The number of rotatable bonds is 2. The van der Waals surface area contributed by atoms with Crippen LogP contribution < -0.4 is 0 Å². The van der Waals surface area contributed by atoms with Gasteiger partial charge in [-0.15, -0.1) is 0 Å². The Morgan fingerprint density at radius 3 is 2.71 bits per heavy atom. The number of hydrogen-bond acceptors (Lipinski definition) is 5. The topological polar surface area (TPSA) is 98.0 Å². The summed E-state index contributed by atoms with van der Waals surface area (Å²) in [6.07, 6.45) is 1.42. The van der Waals surface area contributed by atoms with Crippen molar-refractivity contribution in [3.8, 4) is 5.75 Å². The largest absolute Gasteiger partial charge is 0.508 e. The number of aliphatic hydroxyl groups is 3. The number of quaternary nitrogens is 1. The molecule has 6 rings (SSSR count). The van der Waals surface area contributed by atoms with Gasteiger partial charge in [0.1, 0.15) is 35.8 Å². The summed E-state index contributed by atoms with van der Waals surface area (Å²) in [6, 6.07) is 3.49. The number of aliphatic hydroxyl groups excluding tert-OH is 2. The van der Waals surface area contributed by atoms with Crippen LogP contribution in [0.4, 0.5) is 0 Å². The third-order valence-electron chi connectivity index (χ3n) is 8.97. The van der Waals surface area contributed by atoms with Gasteiger partial charge < -0.3 is 24.9 Å². The molecule has 1 spiro atoms. The number of phenolic OH excluding ortho intramolecular Hbond substituents is 1. The molecule has 150 valence electrons. The third-order valence-corrected chi connectivity index (χ3v) is 8.97. The van der Waals surface area contributed by atoms with Crippen molar-refractivity contribution in [3.63, 3.8) is 0 Å². The van der Waals surface area contributed by atoms with Gasteiger partial charge in [0.25, 0.3) is 0 Å². The quantitative estimate of drug-likeness (QED) is 0.538. The fourth-order valence-electron chi connectivity index (χ4n) is 7.77. The monoisotopic (exact) mass is 386 g/mol. The molecule has 28 heavy (non-hydrogen) atoms. The van der Waals surface area contributed by atoms with Crippen LogP contribution in [0.1, 0.15) is 36.0 Å². The molecule has 6 heteroatoms. The molecule has 4 N–H and O–H groups in total. The fourth-order valence-corrected chi connectivity index (χ4v) is 7.77. The number of nitrogens with zero attached hydrogens (tertiary/aromatic N) is 1. The van der Waals surface area contributed by atoms with E-state index >= 15 is 0 Å². The molecule has 0 radical (unpaired) electrons. The van der Waals surface area contributed by atoms with Gasteiger partial charge in [0.2, 0.25) is 0 Å². The maximum Gasteiger partial charge on any atom is 0.137 e. The number of likely N-dealkylation sites (N-methyl/N-ethyl adjacent to an activating group) is 1. The van der Waals surface area contributed by atoms with Crippen LogP contribution in [-0.2, 0) is 23.1 Å². The lowest BCUT2D eigenvalue weighted by Crippen LogP contribution is -2.84. The zero-order valence-corrected chi connectivity index (χ0v) is 16.1. The highest BCUT2D eigenvalue weighted by Gasteiger charge is 2.78. The summed E-state index contributed by atoms with van der Waals surface area (Å²) in [5.74, 6) is 0.0227. The van der Waals surface area contributed by atoms with E-state index in [0.29, 0.717) is 36.7 Å². The van der Waals surface area contributed by atoms with Crippen LogP contribution in [-0.4, -0.2) is 74.7 Å². The number of piperidine rings is 1. The molecule has 1 heterocycles. The van der Waals surface area contributed by atoms with Gasteiger partial charge >= 0.3 is 0 Å². The van der Waals surface area contributed by atoms with Gasteiger partial charge in [-0.2, -0.15) is 0 Å². The first-order valence-electron chi connectivity index (χ1n) is 10.5. The van der Waals surface area contributed by atoms with E-state index in [4.69, 9.17) is 0 Å². The fraction of sp³-hybridized carbons (Fsp3) is 0.682. The molecule has 1 aromatic rings. The molecule has 1 aliphatic heterocycles. The standard InChI is InChI=1S/C22H27NO5/c1-23(9-12-6-17(12)26)10-19(27)22-14-8-13-15(24)3-2-11(20(13)22)7-18(23)21(22,28)5-4-16(14)25/h2-3,12,14,17-19,26-28H,4-10H2,1H3/p+1/t12?,14-,17?,18+,19+,21+,22-,23-/m0/s1. The highest BCUT2D eigenvalue weighted by atomic mass is 16.3. The van der Waals surface area contributed by atoms with E-state index in [1.165, 1.54) is 0 Å². The molecule has 6 nitrogen and oxygen atoms in total. The van der Waals surface area contributed by atoms with Crippen molar-refractivity contribution in [1.82, 2.24) is 0 Å². The zero-order valence-electron chi connectivity index (χ0n) is 16.1. The predicted molar refractivity (Wildman–Crippen MR) is 99.7 cm³/mol. The predicted octanol–water partition coefficient (Wildman–Crippen LogP) is 0.0229. The number of carbonyl (C=O) groups is 1. The lowest BCUT2D eigenvalue weighted by Gasteiger charge is -2.67. The minimum atomic E-state index is -1.18. The normalized spacial score (nSPS) is 50.4. The Morgan fingerprint density at radius 2 is 2.00 bits per heavy atom. The van der Waals surface area contributed by atoms with Gasteiger partial charge in [-0.05, 0) is 42.0 Å². The minimum Gasteiger partial charge on any atom is -0.508 e. The maximum atomic E-state index is 13.0. The minimum absolute atomic E-state index is 0.0969. The summed E-state index contributed by atoms with van der Waals surface area (Å²) in [4.78, 5) is 13.0. The molecular formula is C22H28NO5+. The Bertz CT molecular complexity index is 916. The number of Topliss-reactive ketones (excluding diaryl/α,β-unsaturated/α-hetero) is 1. The zero-order chi connectivity index (χ0) is 19.6. The average molecular weight is 386 g/mol. The number of phenols is 1. The summed E-state index contributed by atoms with van der Waals surface area (Å²) in [5, 5.41) is 44.3. The van der Waals surface area contributed by atoms with Crippen LogP contribution in [0.2, 0.25) is 0 Å². The lowest BCUT2D eigenvalue weighted by molar-refractivity contribution is -0.954. The molecule has 2 unspecified atom stereocenters. The molecule has 3 fully saturated rings. The summed E-state index contributed by atoms with van der Waals surface area (Å²) in [5.41, 5.74) is 0.481. The number of ketones is 1. The highest BCUT2D eigenvalue weighted by Crippen LogP contribution is 2.66. The molecule has 1 saturated heterocycles. The molecule has 2 bridgehead atoms. The number of likely N-dealkylation sites (tertiary alicyclic amines) is 1. The summed E-state index contributed by atoms with van der Waals surface area (Å²) < 4.78 is 0.525.